The fourth-order valence-electron chi connectivity index (χ4n) is 3.85. The fourth-order valence-corrected chi connectivity index (χ4v) is 3.85. The molecule has 0 spiro atoms. The predicted molar refractivity (Wildman–Crippen MR) is 122 cm³/mol. The molecule has 31 heavy (non-hydrogen) atoms. The number of carbonyl (C=O) groups is 3. The molecule has 2 aromatic rings. The number of piperidine rings is 1. The number of hydrogen-bond donors (Lipinski definition) is 1. The van der Waals surface area contributed by atoms with E-state index in [1.807, 2.05) is 36.1 Å². The Kier molecular flexibility index (Phi) is 7.99. The van der Waals surface area contributed by atoms with E-state index in [2.05, 4.69) is 36.5 Å². The number of amides is 2. The molecule has 0 atom stereocenters. The molecule has 1 fully saturated rings. The lowest BCUT2D eigenvalue weighted by Gasteiger charge is -2.32. The van der Waals surface area contributed by atoms with Crippen LogP contribution in [0.25, 0.3) is 0 Å². The molecule has 1 aliphatic rings. The lowest BCUT2D eigenvalue weighted by Crippen LogP contribution is -2.46. The maximum atomic E-state index is 12.5. The van der Waals surface area contributed by atoms with Gasteiger partial charge >= 0.3 is 0 Å². The first-order valence-corrected chi connectivity index (χ1v) is 11.1. The highest BCUT2D eigenvalue weighted by Crippen LogP contribution is 2.14. The van der Waals surface area contributed by atoms with E-state index < -0.39 is 0 Å². The highest BCUT2D eigenvalue weighted by molar-refractivity contribution is 5.98. The molecule has 5 heteroatoms. The Labute approximate surface area is 184 Å². The van der Waals surface area contributed by atoms with Crippen molar-refractivity contribution in [1.29, 1.82) is 0 Å². The summed E-state index contributed by atoms with van der Waals surface area (Å²) in [5, 5.41) is 3.11. The van der Waals surface area contributed by atoms with Crippen LogP contribution in [-0.4, -0.2) is 41.6 Å². The zero-order chi connectivity index (χ0) is 22.2. The third-order valence-corrected chi connectivity index (χ3v) is 5.91. The van der Waals surface area contributed by atoms with Crippen LogP contribution in [0, 0.1) is 13.8 Å². The van der Waals surface area contributed by atoms with Crippen molar-refractivity contribution in [1.82, 2.24) is 10.2 Å². The quantitative estimate of drug-likeness (QED) is 0.656. The summed E-state index contributed by atoms with van der Waals surface area (Å²) >= 11 is 0. The van der Waals surface area contributed by atoms with Crippen molar-refractivity contribution < 1.29 is 14.4 Å². The van der Waals surface area contributed by atoms with Gasteiger partial charge in [0.15, 0.2) is 5.78 Å². The van der Waals surface area contributed by atoms with Crippen LogP contribution >= 0.6 is 0 Å². The molecule has 1 saturated heterocycles. The van der Waals surface area contributed by atoms with E-state index in [0.717, 1.165) is 24.8 Å². The molecule has 1 aliphatic heterocycles. The van der Waals surface area contributed by atoms with Crippen molar-refractivity contribution >= 4 is 17.6 Å². The topological polar surface area (TPSA) is 66.5 Å². The standard InChI is InChI=1S/C26H32N2O3/c1-19-3-7-21(8-4-19)9-13-25(30)27-23-15-17-28(18-16-23)26(31)14-12-24(29)22-10-5-20(2)6-11-22/h3-8,10-11,23H,9,12-18H2,1-2H3,(H,27,30). The minimum absolute atomic E-state index is 0.00377. The van der Waals surface area contributed by atoms with E-state index in [0.29, 0.717) is 25.1 Å². The van der Waals surface area contributed by atoms with Gasteiger partial charge in [0.1, 0.15) is 0 Å². The Bertz CT molecular complexity index is 895. The number of likely N-dealkylation sites (tertiary alicyclic amines) is 1. The molecule has 1 heterocycles. The highest BCUT2D eigenvalue weighted by Gasteiger charge is 2.24. The van der Waals surface area contributed by atoms with Crippen molar-refractivity contribution in [3.05, 3.63) is 70.8 Å². The number of rotatable bonds is 8. The molecule has 3 rings (SSSR count). The van der Waals surface area contributed by atoms with Gasteiger partial charge in [-0.2, -0.15) is 0 Å². The minimum Gasteiger partial charge on any atom is -0.353 e. The first kappa shape index (κ1) is 22.7. The van der Waals surface area contributed by atoms with E-state index >= 15 is 0 Å². The van der Waals surface area contributed by atoms with E-state index in [4.69, 9.17) is 0 Å². The molecule has 2 aromatic carbocycles. The first-order valence-electron chi connectivity index (χ1n) is 11.1. The summed E-state index contributed by atoms with van der Waals surface area (Å²) in [4.78, 5) is 38.9. The van der Waals surface area contributed by atoms with E-state index in [1.54, 1.807) is 0 Å². The molecule has 0 radical (unpaired) electrons. The second kappa shape index (κ2) is 10.9. The van der Waals surface area contributed by atoms with Gasteiger partial charge in [0.25, 0.3) is 0 Å². The molecule has 164 valence electrons. The number of aryl methyl sites for hydroxylation is 3. The van der Waals surface area contributed by atoms with Gasteiger partial charge in [-0.3, -0.25) is 14.4 Å². The Morgan fingerprint density at radius 3 is 2.03 bits per heavy atom. The average Bonchev–Trinajstić information content (AvgIpc) is 2.78. The smallest absolute Gasteiger partial charge is 0.223 e. The first-order chi connectivity index (χ1) is 14.9. The molecule has 1 N–H and O–H groups in total. The van der Waals surface area contributed by atoms with Crippen LogP contribution in [0.15, 0.2) is 48.5 Å². The van der Waals surface area contributed by atoms with Gasteiger partial charge in [-0.1, -0.05) is 59.7 Å². The molecular weight excluding hydrogens is 388 g/mol. The molecular formula is C26H32N2O3. The van der Waals surface area contributed by atoms with Crippen molar-refractivity contribution in [2.24, 2.45) is 0 Å². The molecule has 0 saturated carbocycles. The zero-order valence-electron chi connectivity index (χ0n) is 18.5. The van der Waals surface area contributed by atoms with E-state index in [9.17, 15) is 14.4 Å². The maximum absolute atomic E-state index is 12.5. The normalized spacial score (nSPS) is 14.3. The zero-order valence-corrected chi connectivity index (χ0v) is 18.5. The number of benzene rings is 2. The summed E-state index contributed by atoms with van der Waals surface area (Å²) in [6.07, 6.45) is 3.20. The molecule has 5 nitrogen and oxygen atoms in total. The summed E-state index contributed by atoms with van der Waals surface area (Å²) in [5.41, 5.74) is 4.15. The van der Waals surface area contributed by atoms with Gasteiger partial charge in [-0.15, -0.1) is 0 Å². The summed E-state index contributed by atoms with van der Waals surface area (Å²) in [6, 6.07) is 15.8. The Morgan fingerprint density at radius 2 is 1.42 bits per heavy atom. The van der Waals surface area contributed by atoms with Crippen LogP contribution in [-0.2, 0) is 16.0 Å². The largest absolute Gasteiger partial charge is 0.353 e. The number of hydrogen-bond acceptors (Lipinski definition) is 3. The summed E-state index contributed by atoms with van der Waals surface area (Å²) in [7, 11) is 0. The van der Waals surface area contributed by atoms with Gasteiger partial charge in [0.05, 0.1) is 0 Å². The second-order valence-corrected chi connectivity index (χ2v) is 8.50. The summed E-state index contributed by atoms with van der Waals surface area (Å²) in [5.74, 6) is 0.0859. The van der Waals surface area contributed by atoms with Crippen LogP contribution < -0.4 is 5.32 Å². The van der Waals surface area contributed by atoms with Gasteiger partial charge < -0.3 is 10.2 Å². The number of Topliss-reactive ketones (excluding diaryl/α,β-unsaturated/α-hetero) is 1. The third kappa shape index (κ3) is 7.06. The van der Waals surface area contributed by atoms with E-state index in [-0.39, 0.29) is 36.5 Å². The molecule has 0 bridgehead atoms. The minimum atomic E-state index is 0.00377. The van der Waals surface area contributed by atoms with E-state index in [1.165, 1.54) is 11.1 Å². The fraction of sp³-hybridized carbons (Fsp3) is 0.423. The van der Waals surface area contributed by atoms with Gasteiger partial charge in [0.2, 0.25) is 11.8 Å². The van der Waals surface area contributed by atoms with Crippen LogP contribution in [0.1, 0.15) is 59.2 Å². The Balaban J connectivity index is 1.35. The van der Waals surface area contributed by atoms with Crippen LogP contribution in [0.4, 0.5) is 0 Å². The second-order valence-electron chi connectivity index (χ2n) is 8.50. The van der Waals surface area contributed by atoms with Crippen molar-refractivity contribution in [3.63, 3.8) is 0 Å². The lowest BCUT2D eigenvalue weighted by atomic mass is 10.0. The molecule has 0 unspecified atom stereocenters. The number of nitrogens with zero attached hydrogens (tertiary/aromatic N) is 1. The monoisotopic (exact) mass is 420 g/mol. The van der Waals surface area contributed by atoms with Crippen molar-refractivity contribution in [2.75, 3.05) is 13.1 Å². The van der Waals surface area contributed by atoms with Gasteiger partial charge in [-0.05, 0) is 38.7 Å². The summed E-state index contributed by atoms with van der Waals surface area (Å²) in [6.45, 7) is 5.28. The highest BCUT2D eigenvalue weighted by atomic mass is 16.2. The van der Waals surface area contributed by atoms with Crippen molar-refractivity contribution in [3.8, 4) is 0 Å². The third-order valence-electron chi connectivity index (χ3n) is 5.91. The van der Waals surface area contributed by atoms with Crippen LogP contribution in [0.2, 0.25) is 0 Å². The number of nitrogens with one attached hydrogen (secondary N) is 1. The van der Waals surface area contributed by atoms with Crippen molar-refractivity contribution in [2.45, 2.75) is 58.4 Å². The molecule has 0 aliphatic carbocycles. The molecule has 2 amide bonds. The average molecular weight is 421 g/mol. The lowest BCUT2D eigenvalue weighted by molar-refractivity contribution is -0.132. The van der Waals surface area contributed by atoms with Gasteiger partial charge in [0, 0.05) is 44.0 Å². The SMILES string of the molecule is Cc1ccc(CCC(=O)NC2CCN(C(=O)CCC(=O)c3ccc(C)cc3)CC2)cc1. The van der Waals surface area contributed by atoms with Crippen LogP contribution in [0.3, 0.4) is 0 Å². The van der Waals surface area contributed by atoms with Gasteiger partial charge in [-0.25, -0.2) is 0 Å². The number of carbonyl (C=O) groups excluding carboxylic acids is 3. The summed E-state index contributed by atoms with van der Waals surface area (Å²) < 4.78 is 0. The number of ketones is 1. The Morgan fingerprint density at radius 1 is 0.839 bits per heavy atom. The molecule has 0 aromatic heterocycles. The van der Waals surface area contributed by atoms with Crippen LogP contribution in [0.5, 0.6) is 0 Å². The Hall–Kier alpha value is -2.95. The predicted octanol–water partition coefficient (Wildman–Crippen LogP) is 4.01. The maximum Gasteiger partial charge on any atom is 0.223 e.